The SMILES string of the molecule is COc1nc(Cc2ccc(Cl)c(Cl)c2)c(C)c(C(=O)N2CCC(NC3CCCCC3)CC2)n1.COc1nc(Cc2cccc(C(F)(F)F)c2)c(C)c(C(=O)N2CCC(NC3CCCCC3F)CC2)n1.COc1nc(Cc2cccc(C(F)(F)F)c2)c(C)c(C(=O)N2CCC(N[C@H]3CCCC[C@H]3OC)CC2)n1.Cc1c(Cc2ccc(Cl)c(Cl)c2)ncnc1C(=O)N1CCC(NC2CCOCC2)CC1. The lowest BCUT2D eigenvalue weighted by atomic mass is 9.90. The monoisotopic (exact) mass is 1980 g/mol. The fourth-order valence-corrected chi connectivity index (χ4v) is 20.2. The number of halogens is 11. The highest BCUT2D eigenvalue weighted by molar-refractivity contribution is 6.42. The quantitative estimate of drug-likeness (QED) is 0.0409. The molecule has 2 unspecified atom stereocenters. The molecule has 16 rings (SSSR count). The fourth-order valence-electron chi connectivity index (χ4n) is 19.5. The number of nitrogens with one attached hydrogen (secondary N) is 4. The number of carbonyl (C=O) groups excluding carboxylic acids is 4. The molecule has 0 bridgehead atoms. The van der Waals surface area contributed by atoms with Crippen molar-refractivity contribution in [3.05, 3.63) is 213 Å². The van der Waals surface area contributed by atoms with E-state index in [-0.39, 0.29) is 84.1 Å². The van der Waals surface area contributed by atoms with Crippen LogP contribution in [0.1, 0.15) is 268 Å². The molecular weight excluding hydrogens is 1860 g/mol. The lowest BCUT2D eigenvalue weighted by molar-refractivity contribution is -0.138. The molecule has 4 aromatic heterocycles. The minimum atomic E-state index is -4.45. The highest BCUT2D eigenvalue weighted by atomic mass is 35.5. The van der Waals surface area contributed by atoms with Gasteiger partial charge in [-0.15, -0.1) is 0 Å². The van der Waals surface area contributed by atoms with Crippen molar-refractivity contribution >= 4 is 70.0 Å². The van der Waals surface area contributed by atoms with Gasteiger partial charge in [0.1, 0.15) is 35.3 Å². The first-order valence-corrected chi connectivity index (χ1v) is 49.5. The summed E-state index contributed by atoms with van der Waals surface area (Å²) >= 11 is 24.4. The summed E-state index contributed by atoms with van der Waals surface area (Å²) in [4.78, 5) is 95.7. The Bertz CT molecular complexity index is 5380. The lowest BCUT2D eigenvalue weighted by Crippen LogP contribution is -2.52. The van der Waals surface area contributed by atoms with E-state index in [2.05, 4.69) is 61.1 Å². The van der Waals surface area contributed by atoms with Crippen molar-refractivity contribution in [2.75, 3.05) is 94.0 Å². The van der Waals surface area contributed by atoms with E-state index < -0.39 is 29.7 Å². The Morgan fingerprint density at radius 3 is 1.09 bits per heavy atom. The minimum Gasteiger partial charge on any atom is -0.467 e. The molecule has 5 saturated heterocycles. The van der Waals surface area contributed by atoms with E-state index in [0.29, 0.717) is 160 Å². The number of methoxy groups -OCH3 is 4. The maximum atomic E-state index is 14.2. The molecule has 8 aromatic rings. The largest absolute Gasteiger partial charge is 0.467 e. The van der Waals surface area contributed by atoms with E-state index in [1.54, 1.807) is 55.0 Å². The molecule has 25 nitrogen and oxygen atoms in total. The van der Waals surface area contributed by atoms with Crippen LogP contribution < -0.4 is 35.5 Å². The predicted molar refractivity (Wildman–Crippen MR) is 513 cm³/mol. The van der Waals surface area contributed by atoms with E-state index in [4.69, 9.17) is 70.1 Å². The standard InChI is InChI=1S/C27H35F3N4O3.C26H32F4N4O2.C25H32Cl2N4O2.C23H28Cl2N4O2/c1-17-22(16-18-7-6-8-19(15-18)27(28,29)30)32-26(37-3)33-24(17)25(35)34-13-11-20(12-14-34)31-21-9-4-5-10-23(21)36-2;1-16-22(15-17-6-5-7-18(14-17)26(28,29)30)32-25(36-2)33-23(16)24(35)34-12-10-19(11-13-34)31-21-9-4-3-8-20(21)27;1-16-22(15-17-8-9-20(26)21(27)14-17)29-25(33-2)30-23(16)24(32)31-12-10-19(11-13-31)28-18-6-4-3-5-7-18;1-15-21(13-16-2-3-19(24)20(25)12-16)26-14-27-22(15)23(30)29-8-4-17(5-9-29)28-18-6-10-31-11-7-18/h6-8,15,20-21,23,31H,4-5,9-14,16H2,1-3H3;5-7,14,19-21,31H,3-4,8-13,15H2,1-2H3;8-9,14,18-19,28H,3-7,10-13,15H2,1-2H3;2-3,12,14,17-18,28H,4-11,13H2,1H3/t21-,23+;;;/m0.../s1. The average molecular weight is 1980 g/mol. The van der Waals surface area contributed by atoms with Gasteiger partial charge in [0, 0.05) is 169 Å². The van der Waals surface area contributed by atoms with Crippen LogP contribution in [-0.4, -0.2) is 238 Å². The van der Waals surface area contributed by atoms with Crippen LogP contribution in [-0.2, 0) is 47.5 Å². The molecule has 8 aliphatic rings. The number of ether oxygens (including phenoxy) is 5. The van der Waals surface area contributed by atoms with Crippen LogP contribution in [0, 0.1) is 27.7 Å². The van der Waals surface area contributed by atoms with Crippen molar-refractivity contribution in [3.63, 3.8) is 0 Å². The third-order valence-electron chi connectivity index (χ3n) is 27.7. The van der Waals surface area contributed by atoms with Gasteiger partial charge in [-0.3, -0.25) is 19.2 Å². The van der Waals surface area contributed by atoms with Gasteiger partial charge in [-0.25, -0.2) is 14.4 Å². The Kier molecular flexibility index (Phi) is 38.3. The molecule has 8 fully saturated rings. The second-order valence-corrected chi connectivity index (χ2v) is 38.6. The maximum absolute atomic E-state index is 14.2. The van der Waals surface area contributed by atoms with Gasteiger partial charge in [-0.2, -0.15) is 56.2 Å². The summed E-state index contributed by atoms with van der Waals surface area (Å²) in [5.41, 5.74) is 7.82. The van der Waals surface area contributed by atoms with Gasteiger partial charge in [0.25, 0.3) is 23.6 Å². The number of hydrogen-bond acceptors (Lipinski definition) is 21. The molecule has 0 spiro atoms. The van der Waals surface area contributed by atoms with Gasteiger partial charge in [-0.05, 0) is 189 Å². The third kappa shape index (κ3) is 29.1. The van der Waals surface area contributed by atoms with E-state index in [9.17, 15) is 49.9 Å². The van der Waals surface area contributed by atoms with Gasteiger partial charge in [0.15, 0.2) is 0 Å². The molecular formula is C101H127Cl4F7N16O9. The summed E-state index contributed by atoms with van der Waals surface area (Å²) in [5.74, 6) is -0.549. The first-order chi connectivity index (χ1) is 65.8. The molecule has 4 atom stereocenters. The number of nitrogens with zero attached hydrogens (tertiary/aromatic N) is 12. The summed E-state index contributed by atoms with van der Waals surface area (Å²) in [7, 11) is 6.08. The second kappa shape index (κ2) is 49.8. The molecule has 9 heterocycles. The Morgan fingerprint density at radius 1 is 0.372 bits per heavy atom. The number of aromatic nitrogens is 8. The number of alkyl halides is 7. The number of carbonyl (C=O) groups is 4. The third-order valence-corrected chi connectivity index (χ3v) is 29.2. The first-order valence-electron chi connectivity index (χ1n) is 48.0. The topological polar surface area (TPSA) is 279 Å². The number of likely N-dealkylation sites (tertiary alicyclic amines) is 4. The zero-order valence-electron chi connectivity index (χ0n) is 79.3. The van der Waals surface area contributed by atoms with Crippen LogP contribution in [0.15, 0.2) is 91.3 Å². The van der Waals surface area contributed by atoms with Crippen molar-refractivity contribution in [2.24, 2.45) is 0 Å². The van der Waals surface area contributed by atoms with Crippen molar-refractivity contribution in [2.45, 2.75) is 274 Å². The molecule has 3 aliphatic carbocycles. The number of hydrogen-bond donors (Lipinski definition) is 4. The van der Waals surface area contributed by atoms with Crippen LogP contribution in [0.5, 0.6) is 18.0 Å². The molecule has 36 heteroatoms. The second-order valence-electron chi connectivity index (χ2n) is 37.0. The normalized spacial score (nSPS) is 19.8. The molecule has 3 saturated carbocycles. The summed E-state index contributed by atoms with van der Waals surface area (Å²) in [6, 6.07) is 24.3. The smallest absolute Gasteiger partial charge is 0.416 e. The highest BCUT2D eigenvalue weighted by Crippen LogP contribution is 2.37. The number of rotatable bonds is 24. The Morgan fingerprint density at radius 2 is 0.708 bits per heavy atom. The van der Waals surface area contributed by atoms with Crippen LogP contribution in [0.4, 0.5) is 30.7 Å². The minimum absolute atomic E-state index is 0.00577. The molecule has 4 amide bonds. The van der Waals surface area contributed by atoms with Crippen LogP contribution >= 0.6 is 46.4 Å². The van der Waals surface area contributed by atoms with Crippen LogP contribution in [0.2, 0.25) is 20.1 Å². The van der Waals surface area contributed by atoms with E-state index >= 15 is 0 Å². The Hall–Kier alpha value is -9.09. The van der Waals surface area contributed by atoms with Gasteiger partial charge >= 0.3 is 30.4 Å². The summed E-state index contributed by atoms with van der Waals surface area (Å²) in [6.07, 6.45) is 17.0. The fraction of sp³-hybridized carbons (Fsp3) is 0.564. The molecule has 5 aliphatic heterocycles. The zero-order valence-corrected chi connectivity index (χ0v) is 82.3. The highest BCUT2D eigenvalue weighted by Gasteiger charge is 2.38. The first kappa shape index (κ1) is 105. The van der Waals surface area contributed by atoms with Crippen molar-refractivity contribution in [3.8, 4) is 18.0 Å². The molecule has 4 aromatic carbocycles. The van der Waals surface area contributed by atoms with Gasteiger partial charge in [-0.1, -0.05) is 140 Å². The van der Waals surface area contributed by atoms with Gasteiger partial charge in [0.05, 0.1) is 81.4 Å². The summed E-state index contributed by atoms with van der Waals surface area (Å²) in [5, 5.41) is 16.8. The maximum Gasteiger partial charge on any atom is 0.416 e. The van der Waals surface area contributed by atoms with Crippen molar-refractivity contribution in [1.82, 2.24) is 80.7 Å². The molecule has 137 heavy (non-hydrogen) atoms. The predicted octanol–water partition coefficient (Wildman–Crippen LogP) is 18.7. The van der Waals surface area contributed by atoms with E-state index in [1.807, 2.05) is 47.9 Å². The van der Waals surface area contributed by atoms with Crippen LogP contribution in [0.25, 0.3) is 0 Å². The van der Waals surface area contributed by atoms with Gasteiger partial charge in [0.2, 0.25) is 0 Å². The summed E-state index contributed by atoms with van der Waals surface area (Å²) < 4.78 is 120. The Labute approximate surface area is 818 Å². The molecule has 4 N–H and O–H groups in total. The van der Waals surface area contributed by atoms with Crippen LogP contribution in [0.3, 0.4) is 0 Å². The van der Waals surface area contributed by atoms with Crippen molar-refractivity contribution in [1.29, 1.82) is 0 Å². The number of piperidine rings is 4. The Balaban J connectivity index is 0.000000155. The average Bonchev–Trinajstić information content (AvgIpc) is 0.809. The van der Waals surface area contributed by atoms with E-state index in [1.165, 1.54) is 84.7 Å². The molecule has 742 valence electrons. The molecule has 0 radical (unpaired) electrons. The number of benzene rings is 4. The van der Waals surface area contributed by atoms with Gasteiger partial charge < -0.3 is 64.6 Å². The summed E-state index contributed by atoms with van der Waals surface area (Å²) in [6.45, 7) is 14.1. The van der Waals surface area contributed by atoms with E-state index in [0.717, 1.165) is 181 Å². The number of amides is 4. The zero-order chi connectivity index (χ0) is 97.6. The lowest BCUT2D eigenvalue weighted by Gasteiger charge is -2.38. The van der Waals surface area contributed by atoms with Crippen molar-refractivity contribution < 1.29 is 73.6 Å².